The van der Waals surface area contributed by atoms with Crippen LogP contribution in [0.1, 0.15) is 10.4 Å². The molecule has 0 saturated carbocycles. The van der Waals surface area contributed by atoms with E-state index in [4.69, 9.17) is 5.73 Å². The van der Waals surface area contributed by atoms with E-state index in [1.807, 2.05) is 0 Å². The molecule has 0 aliphatic heterocycles. The molecular weight excluding hydrogens is 290 g/mol. The molecule has 0 aliphatic rings. The van der Waals surface area contributed by atoms with E-state index >= 15 is 0 Å². The van der Waals surface area contributed by atoms with Gasteiger partial charge in [0.2, 0.25) is 5.78 Å². The lowest BCUT2D eigenvalue weighted by Gasteiger charge is -2.02. The van der Waals surface area contributed by atoms with Gasteiger partial charge in [-0.05, 0) is 12.1 Å². The number of aromatic nitrogens is 1. The van der Waals surface area contributed by atoms with Crippen LogP contribution in [-0.2, 0) is 6.54 Å². The molecule has 1 aromatic carbocycles. The first kappa shape index (κ1) is 14.0. The Kier molecular flexibility index (Phi) is 4.49. The first-order valence-electron chi connectivity index (χ1n) is 5.37. The van der Waals surface area contributed by atoms with Gasteiger partial charge >= 0.3 is 5.13 Å². The molecule has 2 rings (SSSR count). The highest BCUT2D eigenvalue weighted by atomic mass is 32.2. The van der Waals surface area contributed by atoms with Gasteiger partial charge in [-0.2, -0.15) is 8.78 Å². The number of nitrogens with two attached hydrogens (primary N) is 1. The van der Waals surface area contributed by atoms with Crippen molar-refractivity contribution in [2.75, 3.05) is 5.73 Å². The van der Waals surface area contributed by atoms with Crippen molar-refractivity contribution in [2.45, 2.75) is 17.2 Å². The van der Waals surface area contributed by atoms with Gasteiger partial charge in [-0.15, -0.1) is 0 Å². The first-order chi connectivity index (χ1) is 9.06. The fourth-order valence-electron chi connectivity index (χ4n) is 1.51. The van der Waals surface area contributed by atoms with E-state index in [0.717, 1.165) is 0 Å². The third-order valence-electron chi connectivity index (χ3n) is 2.43. The second kappa shape index (κ2) is 6.12. The van der Waals surface area contributed by atoms with Gasteiger partial charge in [-0.3, -0.25) is 10.5 Å². The summed E-state index contributed by atoms with van der Waals surface area (Å²) in [7, 11) is 0. The number of Topliss-reactive ketones (excluding diaryl/α,β-unsaturated/α-hetero) is 1. The number of alkyl halides is 2. The lowest BCUT2D eigenvalue weighted by atomic mass is 10.1. The number of carbonyl (C=O) groups is 1. The summed E-state index contributed by atoms with van der Waals surface area (Å²) in [5.41, 5.74) is 6.17. The molecule has 19 heavy (non-hydrogen) atoms. The molecule has 0 saturated heterocycles. The minimum absolute atomic E-state index is 0.108. The van der Waals surface area contributed by atoms with Crippen molar-refractivity contribution in [1.29, 1.82) is 0 Å². The molecule has 0 aliphatic carbocycles. The fourth-order valence-corrected chi connectivity index (χ4v) is 2.62. The van der Waals surface area contributed by atoms with E-state index in [2.05, 4.69) is 0 Å². The molecule has 100 valence electrons. The summed E-state index contributed by atoms with van der Waals surface area (Å²) in [5.74, 6) is -2.56. The van der Waals surface area contributed by atoms with E-state index in [0.29, 0.717) is 27.4 Å². The number of hydrogen-bond donors (Lipinski definition) is 1. The molecule has 7 heteroatoms. The minimum Gasteiger partial charge on any atom is -0.290 e. The van der Waals surface area contributed by atoms with Crippen molar-refractivity contribution >= 4 is 34.0 Å². The van der Waals surface area contributed by atoms with Gasteiger partial charge in [0.1, 0.15) is 6.20 Å². The van der Waals surface area contributed by atoms with Crippen LogP contribution in [0.4, 0.5) is 13.9 Å². The lowest BCUT2D eigenvalue weighted by Crippen LogP contribution is -2.38. The highest BCUT2D eigenvalue weighted by molar-refractivity contribution is 7.99. The Hall–Kier alpha value is -1.47. The zero-order valence-corrected chi connectivity index (χ0v) is 11.4. The van der Waals surface area contributed by atoms with E-state index in [-0.39, 0.29) is 12.3 Å². The van der Waals surface area contributed by atoms with Crippen LogP contribution in [0.25, 0.3) is 0 Å². The van der Waals surface area contributed by atoms with Crippen LogP contribution in [-0.4, -0.2) is 11.5 Å². The summed E-state index contributed by atoms with van der Waals surface area (Å²) in [6.45, 7) is 0.149. The molecule has 0 unspecified atom stereocenters. The monoisotopic (exact) mass is 301 g/mol. The van der Waals surface area contributed by atoms with Crippen molar-refractivity contribution in [3.8, 4) is 0 Å². The quantitative estimate of drug-likeness (QED) is 0.525. The third kappa shape index (κ3) is 3.74. The van der Waals surface area contributed by atoms with Gasteiger partial charge in [-0.1, -0.05) is 35.2 Å². The molecule has 0 bridgehead atoms. The average molecular weight is 301 g/mol. The van der Waals surface area contributed by atoms with Crippen LogP contribution < -0.4 is 10.3 Å². The van der Waals surface area contributed by atoms with Gasteiger partial charge in [0.05, 0.1) is 0 Å². The van der Waals surface area contributed by atoms with Crippen LogP contribution in [0.5, 0.6) is 0 Å². The van der Waals surface area contributed by atoms with Crippen molar-refractivity contribution in [2.24, 2.45) is 0 Å². The van der Waals surface area contributed by atoms with Crippen molar-refractivity contribution in [3.05, 3.63) is 41.4 Å². The number of halogens is 2. The highest BCUT2D eigenvalue weighted by Crippen LogP contribution is 2.25. The van der Waals surface area contributed by atoms with Crippen LogP contribution >= 0.6 is 23.1 Å². The summed E-state index contributed by atoms with van der Waals surface area (Å²) in [6.07, 6.45) is 1.74. The van der Waals surface area contributed by atoms with E-state index in [1.54, 1.807) is 28.3 Å². The zero-order chi connectivity index (χ0) is 13.8. The molecular formula is C12H11F2N2OS2+. The summed E-state index contributed by atoms with van der Waals surface area (Å²) in [5, 5.41) is 2.35. The first-order valence-corrected chi connectivity index (χ1v) is 7.12. The van der Waals surface area contributed by atoms with Crippen LogP contribution in [0.15, 0.2) is 40.7 Å². The van der Waals surface area contributed by atoms with Crippen LogP contribution in [0.3, 0.4) is 0 Å². The van der Waals surface area contributed by atoms with Gasteiger partial charge in [0.25, 0.3) is 5.76 Å². The minimum atomic E-state index is -2.46. The number of carbonyl (C=O) groups excluding carboxylic acids is 1. The highest BCUT2D eigenvalue weighted by Gasteiger charge is 2.13. The Balaban J connectivity index is 2.05. The topological polar surface area (TPSA) is 47.0 Å². The second-order valence-electron chi connectivity index (χ2n) is 3.70. The van der Waals surface area contributed by atoms with Gasteiger partial charge in [0, 0.05) is 15.8 Å². The number of thiazole rings is 1. The van der Waals surface area contributed by atoms with E-state index in [9.17, 15) is 13.6 Å². The largest absolute Gasteiger partial charge is 0.332 e. The number of ketones is 1. The number of nitrogens with zero attached hydrogens (tertiary/aromatic N) is 1. The number of thioether (sulfide) groups is 1. The van der Waals surface area contributed by atoms with Crippen molar-refractivity contribution < 1.29 is 18.1 Å². The standard InChI is InChI=1S/C12H10F2N2OS2/c13-11(14)19-9-3-1-8(2-4-9)10(17)7-16-5-6-18-12(16)15/h1-6,11,15H,7H2/p+1. The van der Waals surface area contributed by atoms with Gasteiger partial charge in [-0.25, -0.2) is 4.57 Å². The van der Waals surface area contributed by atoms with Crippen LogP contribution in [0, 0.1) is 0 Å². The Morgan fingerprint density at radius 2 is 2.05 bits per heavy atom. The van der Waals surface area contributed by atoms with Gasteiger partial charge in [0.15, 0.2) is 6.54 Å². The van der Waals surface area contributed by atoms with E-state index < -0.39 is 5.76 Å². The van der Waals surface area contributed by atoms with E-state index in [1.165, 1.54) is 23.5 Å². The predicted molar refractivity (Wildman–Crippen MR) is 71.6 cm³/mol. The Morgan fingerprint density at radius 1 is 1.37 bits per heavy atom. The lowest BCUT2D eigenvalue weighted by molar-refractivity contribution is -0.664. The van der Waals surface area contributed by atoms with Crippen LogP contribution in [0.2, 0.25) is 0 Å². The van der Waals surface area contributed by atoms with Crippen molar-refractivity contribution in [1.82, 2.24) is 0 Å². The molecule has 0 spiro atoms. The smallest absolute Gasteiger partial charge is 0.290 e. The SMILES string of the molecule is Nc1scc[n+]1CC(=O)c1ccc(SC(F)F)cc1. The fraction of sp³-hybridized carbons (Fsp3) is 0.167. The summed E-state index contributed by atoms with van der Waals surface area (Å²) in [4.78, 5) is 12.4. The third-order valence-corrected chi connectivity index (χ3v) is 3.88. The molecule has 2 N–H and O–H groups in total. The average Bonchev–Trinajstić information content (AvgIpc) is 2.75. The van der Waals surface area contributed by atoms with Gasteiger partial charge < -0.3 is 0 Å². The number of nitrogen functional groups attached to an aromatic ring is 1. The Morgan fingerprint density at radius 3 is 2.58 bits per heavy atom. The predicted octanol–water partition coefficient (Wildman–Crippen LogP) is 2.82. The number of rotatable bonds is 5. The maximum absolute atomic E-state index is 12.2. The molecule has 0 amide bonds. The number of hydrogen-bond acceptors (Lipinski definition) is 4. The molecule has 0 atom stereocenters. The molecule has 2 aromatic rings. The Bertz CT molecular complexity index is 569. The summed E-state index contributed by atoms with van der Waals surface area (Å²) in [6, 6.07) is 6.14. The maximum atomic E-state index is 12.2. The molecule has 0 radical (unpaired) electrons. The molecule has 1 aromatic heterocycles. The zero-order valence-electron chi connectivity index (χ0n) is 9.75. The molecule has 1 heterocycles. The number of anilines is 1. The summed E-state index contributed by atoms with van der Waals surface area (Å²) < 4.78 is 26.0. The van der Waals surface area contributed by atoms with Crippen molar-refractivity contribution in [3.63, 3.8) is 0 Å². The number of benzene rings is 1. The maximum Gasteiger partial charge on any atom is 0.332 e. The normalized spacial score (nSPS) is 10.9. The Labute approximate surface area is 117 Å². The molecule has 0 fully saturated rings. The molecule has 3 nitrogen and oxygen atoms in total. The summed E-state index contributed by atoms with van der Waals surface area (Å²) >= 11 is 1.81. The second-order valence-corrected chi connectivity index (χ2v) is 5.68.